The maximum absolute atomic E-state index is 11.1. The molecule has 26 heavy (non-hydrogen) atoms. The number of anilines is 1. The van der Waals surface area contributed by atoms with E-state index in [0.29, 0.717) is 0 Å². The summed E-state index contributed by atoms with van der Waals surface area (Å²) in [5.41, 5.74) is 2.49. The van der Waals surface area contributed by atoms with Crippen LogP contribution in [0.2, 0.25) is 0 Å². The minimum absolute atomic E-state index is 0.110. The smallest absolute Gasteiger partial charge is 0.317 e. The average molecular weight is 371 g/mol. The number of aryl methyl sites for hydroxylation is 1. The molecular formula is C21H26N2O2S. The van der Waals surface area contributed by atoms with Crippen LogP contribution in [-0.2, 0) is 4.79 Å². The molecule has 1 heterocycles. The van der Waals surface area contributed by atoms with E-state index < -0.39 is 5.97 Å². The molecule has 1 aliphatic heterocycles. The van der Waals surface area contributed by atoms with Gasteiger partial charge in [0.2, 0.25) is 0 Å². The first kappa shape index (κ1) is 18.8. The second-order valence-electron chi connectivity index (χ2n) is 7.06. The van der Waals surface area contributed by atoms with E-state index in [1.807, 2.05) is 0 Å². The summed E-state index contributed by atoms with van der Waals surface area (Å²) >= 11 is 1.78. The Kier molecular flexibility index (Phi) is 5.89. The molecular weight excluding hydrogens is 344 g/mol. The molecule has 5 heteroatoms. The molecule has 0 radical (unpaired) electrons. The topological polar surface area (TPSA) is 43.8 Å². The second kappa shape index (κ2) is 8.14. The van der Waals surface area contributed by atoms with E-state index >= 15 is 0 Å². The highest BCUT2D eigenvalue weighted by atomic mass is 32.2. The van der Waals surface area contributed by atoms with Crippen molar-refractivity contribution in [2.75, 3.05) is 24.5 Å². The third-order valence-electron chi connectivity index (χ3n) is 4.88. The predicted octanol–water partition coefficient (Wildman–Crippen LogP) is 4.13. The van der Waals surface area contributed by atoms with E-state index in [4.69, 9.17) is 5.11 Å². The van der Waals surface area contributed by atoms with Crippen molar-refractivity contribution < 1.29 is 9.90 Å². The first-order chi connectivity index (χ1) is 12.4. The molecule has 2 aromatic carbocycles. The van der Waals surface area contributed by atoms with Gasteiger partial charge in [-0.1, -0.05) is 41.6 Å². The molecule has 0 amide bonds. The van der Waals surface area contributed by atoms with Crippen molar-refractivity contribution in [3.05, 3.63) is 54.1 Å². The van der Waals surface area contributed by atoms with Gasteiger partial charge in [-0.25, -0.2) is 0 Å². The fraction of sp³-hybridized carbons (Fsp3) is 0.381. The number of nitrogens with zero attached hydrogens (tertiary/aromatic N) is 2. The molecule has 4 nitrogen and oxygen atoms in total. The van der Waals surface area contributed by atoms with Crippen molar-refractivity contribution in [3.63, 3.8) is 0 Å². The Labute approximate surface area is 159 Å². The van der Waals surface area contributed by atoms with Crippen LogP contribution in [0.15, 0.2) is 58.3 Å². The summed E-state index contributed by atoms with van der Waals surface area (Å²) in [5.74, 6) is -0.757. The Morgan fingerprint density at radius 2 is 1.77 bits per heavy atom. The standard InChI is InChI=1S/C21H26N2O2S/c1-15-8-10-18(11-9-15)26-20-7-5-4-6-19(20)23-13-16(2)22(12-17(23)3)14-21(24)25/h4-11,16-17H,12-14H2,1-3H3,(H,24,25)/t16-,17+/m0/s1. The van der Waals surface area contributed by atoms with Crippen LogP contribution in [0.3, 0.4) is 0 Å². The van der Waals surface area contributed by atoms with Crippen molar-refractivity contribution in [1.82, 2.24) is 4.90 Å². The van der Waals surface area contributed by atoms with Crippen molar-refractivity contribution in [3.8, 4) is 0 Å². The third-order valence-corrected chi connectivity index (χ3v) is 5.95. The van der Waals surface area contributed by atoms with E-state index in [1.54, 1.807) is 11.8 Å². The molecule has 1 N–H and O–H groups in total. The Bertz CT molecular complexity index is 763. The number of piperazine rings is 1. The molecule has 0 spiro atoms. The maximum atomic E-state index is 11.1. The lowest BCUT2D eigenvalue weighted by Crippen LogP contribution is -2.57. The van der Waals surface area contributed by atoms with Crippen molar-refractivity contribution in [2.45, 2.75) is 42.6 Å². The van der Waals surface area contributed by atoms with Crippen LogP contribution in [0.25, 0.3) is 0 Å². The van der Waals surface area contributed by atoms with Gasteiger partial charge in [0.15, 0.2) is 0 Å². The molecule has 0 aliphatic carbocycles. The van der Waals surface area contributed by atoms with E-state index in [0.717, 1.165) is 13.1 Å². The summed E-state index contributed by atoms with van der Waals surface area (Å²) in [4.78, 5) is 18.0. The summed E-state index contributed by atoms with van der Waals surface area (Å²) < 4.78 is 0. The molecule has 138 valence electrons. The zero-order chi connectivity index (χ0) is 18.7. The molecule has 3 rings (SSSR count). The highest BCUT2D eigenvalue weighted by Crippen LogP contribution is 2.37. The van der Waals surface area contributed by atoms with Gasteiger partial charge >= 0.3 is 5.97 Å². The fourth-order valence-corrected chi connectivity index (χ4v) is 4.40. The Hall–Kier alpha value is -1.98. The van der Waals surface area contributed by atoms with Gasteiger partial charge in [-0.05, 0) is 45.0 Å². The molecule has 1 saturated heterocycles. The summed E-state index contributed by atoms with van der Waals surface area (Å²) in [7, 11) is 0. The van der Waals surface area contributed by atoms with Gasteiger partial charge in [-0.2, -0.15) is 0 Å². The molecule has 1 fully saturated rings. The lowest BCUT2D eigenvalue weighted by Gasteiger charge is -2.45. The number of hydrogen-bond acceptors (Lipinski definition) is 4. The van der Waals surface area contributed by atoms with Gasteiger partial charge in [-0.15, -0.1) is 0 Å². The minimum atomic E-state index is -0.757. The quantitative estimate of drug-likeness (QED) is 0.857. The van der Waals surface area contributed by atoms with Crippen LogP contribution in [0, 0.1) is 6.92 Å². The summed E-state index contributed by atoms with van der Waals surface area (Å²) in [6.07, 6.45) is 0. The number of rotatable bonds is 5. The molecule has 0 saturated carbocycles. The molecule has 0 unspecified atom stereocenters. The van der Waals surface area contributed by atoms with Crippen molar-refractivity contribution in [1.29, 1.82) is 0 Å². The summed E-state index contributed by atoms with van der Waals surface area (Å²) in [6, 6.07) is 17.6. The van der Waals surface area contributed by atoms with Crippen LogP contribution in [0.5, 0.6) is 0 Å². The fourth-order valence-electron chi connectivity index (χ4n) is 3.44. The summed E-state index contributed by atoms with van der Waals surface area (Å²) in [6.45, 7) is 8.09. The van der Waals surface area contributed by atoms with E-state index in [1.165, 1.54) is 21.0 Å². The second-order valence-corrected chi connectivity index (χ2v) is 8.17. The highest BCUT2D eigenvalue weighted by Gasteiger charge is 2.31. The van der Waals surface area contributed by atoms with E-state index in [9.17, 15) is 4.79 Å². The van der Waals surface area contributed by atoms with Crippen LogP contribution < -0.4 is 4.90 Å². The van der Waals surface area contributed by atoms with Crippen molar-refractivity contribution >= 4 is 23.4 Å². The van der Waals surface area contributed by atoms with Crippen LogP contribution in [0.1, 0.15) is 19.4 Å². The lowest BCUT2D eigenvalue weighted by molar-refractivity contribution is -0.139. The molecule has 1 aliphatic rings. The Morgan fingerprint density at radius 3 is 2.46 bits per heavy atom. The van der Waals surface area contributed by atoms with Gasteiger partial charge in [-0.3, -0.25) is 9.69 Å². The van der Waals surface area contributed by atoms with Gasteiger partial charge in [0, 0.05) is 35.0 Å². The number of benzene rings is 2. The van der Waals surface area contributed by atoms with Gasteiger partial charge in [0.05, 0.1) is 12.2 Å². The summed E-state index contributed by atoms with van der Waals surface area (Å²) in [5, 5.41) is 9.12. The van der Waals surface area contributed by atoms with Crippen LogP contribution in [-0.4, -0.2) is 47.7 Å². The Morgan fingerprint density at radius 1 is 1.08 bits per heavy atom. The SMILES string of the molecule is Cc1ccc(Sc2ccccc2N2C[C@H](C)N(CC(=O)O)C[C@H]2C)cc1. The van der Waals surface area contributed by atoms with Crippen LogP contribution >= 0.6 is 11.8 Å². The molecule has 2 atom stereocenters. The average Bonchev–Trinajstić information content (AvgIpc) is 2.60. The normalized spacial score (nSPS) is 21.0. The first-order valence-corrected chi connectivity index (χ1v) is 9.81. The predicted molar refractivity (Wildman–Crippen MR) is 107 cm³/mol. The van der Waals surface area contributed by atoms with Gasteiger partial charge in [0.1, 0.15) is 0 Å². The number of carbonyl (C=O) groups is 1. The largest absolute Gasteiger partial charge is 0.480 e. The Balaban J connectivity index is 1.81. The first-order valence-electron chi connectivity index (χ1n) is 9.00. The van der Waals surface area contributed by atoms with Crippen LogP contribution in [0.4, 0.5) is 5.69 Å². The number of hydrogen-bond donors (Lipinski definition) is 1. The third kappa shape index (κ3) is 4.40. The zero-order valence-electron chi connectivity index (χ0n) is 15.6. The van der Waals surface area contributed by atoms with Gasteiger partial charge < -0.3 is 10.0 Å². The molecule has 0 bridgehead atoms. The number of carboxylic acids is 1. The highest BCUT2D eigenvalue weighted by molar-refractivity contribution is 7.99. The number of aliphatic carboxylic acids is 1. The van der Waals surface area contributed by atoms with E-state index in [-0.39, 0.29) is 18.6 Å². The zero-order valence-corrected chi connectivity index (χ0v) is 16.4. The number of carboxylic acid groups (broad SMARTS) is 1. The van der Waals surface area contributed by atoms with E-state index in [2.05, 4.69) is 79.1 Å². The van der Waals surface area contributed by atoms with Gasteiger partial charge in [0.25, 0.3) is 0 Å². The van der Waals surface area contributed by atoms with Crippen molar-refractivity contribution in [2.24, 2.45) is 0 Å². The lowest BCUT2D eigenvalue weighted by atomic mass is 10.1. The molecule has 2 aromatic rings. The minimum Gasteiger partial charge on any atom is -0.480 e. The maximum Gasteiger partial charge on any atom is 0.317 e. The monoisotopic (exact) mass is 370 g/mol. The molecule has 0 aromatic heterocycles. The number of para-hydroxylation sites is 1.